The molecule has 4 heteroatoms. The second-order valence-corrected chi connectivity index (χ2v) is 3.27. The van der Waals surface area contributed by atoms with Crippen LogP contribution in [-0.4, -0.2) is 29.2 Å². The average Bonchev–Trinajstić information content (AvgIpc) is 2.52. The molecule has 0 aliphatic carbocycles. The second-order valence-electron chi connectivity index (χ2n) is 3.27. The molecule has 0 bridgehead atoms. The molecule has 1 aliphatic rings. The van der Waals surface area contributed by atoms with Crippen molar-refractivity contribution in [1.29, 1.82) is 0 Å². The van der Waals surface area contributed by atoms with Crippen LogP contribution in [0.25, 0.3) is 0 Å². The molecule has 0 N–H and O–H groups in total. The highest BCUT2D eigenvalue weighted by Crippen LogP contribution is 2.24. The smallest absolute Gasteiger partial charge is 0.146 e. The van der Waals surface area contributed by atoms with Crippen LogP contribution in [0.5, 0.6) is 0 Å². The number of ether oxygens (including phenoxy) is 1. The summed E-state index contributed by atoms with van der Waals surface area (Å²) in [5, 5.41) is 4.06. The molecule has 1 saturated heterocycles. The van der Waals surface area contributed by atoms with Crippen LogP contribution in [0.3, 0.4) is 0 Å². The van der Waals surface area contributed by atoms with E-state index in [1.807, 2.05) is 6.92 Å². The summed E-state index contributed by atoms with van der Waals surface area (Å²) < 4.78 is 20.1. The van der Waals surface area contributed by atoms with Gasteiger partial charge in [0.25, 0.3) is 0 Å². The highest BCUT2D eigenvalue weighted by atomic mass is 19.1. The molecule has 2 unspecified atom stereocenters. The van der Waals surface area contributed by atoms with Crippen LogP contribution in [0.1, 0.15) is 18.2 Å². The van der Waals surface area contributed by atoms with Gasteiger partial charge >= 0.3 is 0 Å². The van der Waals surface area contributed by atoms with E-state index in [0.29, 0.717) is 13.0 Å². The minimum Gasteiger partial charge on any atom is -0.378 e. The van der Waals surface area contributed by atoms with Gasteiger partial charge in [0.2, 0.25) is 0 Å². The first-order chi connectivity index (χ1) is 6.29. The van der Waals surface area contributed by atoms with Gasteiger partial charge in [0.05, 0.1) is 18.8 Å². The third-order valence-corrected chi connectivity index (χ3v) is 2.37. The molecule has 0 spiro atoms. The zero-order valence-corrected chi connectivity index (χ0v) is 7.53. The quantitative estimate of drug-likeness (QED) is 0.656. The number of aryl methyl sites for hydroxylation is 1. The summed E-state index contributed by atoms with van der Waals surface area (Å²) in [6.07, 6.45) is 1.33. The number of hydrogen-bond acceptors (Lipinski definition) is 2. The van der Waals surface area contributed by atoms with E-state index in [-0.39, 0.29) is 12.6 Å². The second kappa shape index (κ2) is 3.46. The van der Waals surface area contributed by atoms with E-state index in [1.54, 1.807) is 10.9 Å². The normalized spacial score (nSPS) is 29.1. The first-order valence-corrected chi connectivity index (χ1v) is 4.42. The third-order valence-electron chi connectivity index (χ3n) is 2.37. The SMILES string of the molecule is Cc1[c]cnn1C1CCOCC1F. The fourth-order valence-electron chi connectivity index (χ4n) is 1.64. The maximum Gasteiger partial charge on any atom is 0.146 e. The number of hydrogen-bond donors (Lipinski definition) is 0. The molecule has 2 atom stereocenters. The van der Waals surface area contributed by atoms with E-state index in [2.05, 4.69) is 11.2 Å². The Balaban J connectivity index is 2.19. The van der Waals surface area contributed by atoms with Crippen molar-refractivity contribution in [2.75, 3.05) is 13.2 Å². The summed E-state index contributed by atoms with van der Waals surface area (Å²) in [7, 11) is 0. The summed E-state index contributed by atoms with van der Waals surface area (Å²) in [6.45, 7) is 2.68. The maximum absolute atomic E-state index is 13.4. The Morgan fingerprint density at radius 3 is 3.23 bits per heavy atom. The summed E-state index contributed by atoms with van der Waals surface area (Å²) in [5.41, 5.74) is 0.884. The molecule has 1 aromatic rings. The van der Waals surface area contributed by atoms with Crippen molar-refractivity contribution in [3.05, 3.63) is 18.0 Å². The molecule has 2 heterocycles. The monoisotopic (exact) mass is 183 g/mol. The Morgan fingerprint density at radius 2 is 2.62 bits per heavy atom. The minimum atomic E-state index is -0.944. The van der Waals surface area contributed by atoms with Gasteiger partial charge in [0.1, 0.15) is 6.17 Å². The number of nitrogens with zero attached hydrogens (tertiary/aromatic N) is 2. The van der Waals surface area contributed by atoms with Crippen LogP contribution < -0.4 is 0 Å². The molecule has 13 heavy (non-hydrogen) atoms. The standard InChI is InChI=1S/C9H12FN2O/c1-7-2-4-11-12(7)9-3-5-13-6-8(9)10/h4,8-9H,3,5-6H2,1H3. The van der Waals surface area contributed by atoms with Crippen LogP contribution >= 0.6 is 0 Å². The number of aromatic nitrogens is 2. The predicted molar refractivity (Wildman–Crippen MR) is 45.2 cm³/mol. The molecule has 1 aromatic heterocycles. The first-order valence-electron chi connectivity index (χ1n) is 4.42. The van der Waals surface area contributed by atoms with Gasteiger partial charge in [-0.2, -0.15) is 5.10 Å². The summed E-state index contributed by atoms with van der Waals surface area (Å²) in [5.74, 6) is 0. The van der Waals surface area contributed by atoms with Gasteiger partial charge in [0, 0.05) is 18.4 Å². The van der Waals surface area contributed by atoms with Crippen molar-refractivity contribution >= 4 is 0 Å². The Hall–Kier alpha value is -0.900. The molecule has 3 nitrogen and oxygen atoms in total. The van der Waals surface area contributed by atoms with Crippen molar-refractivity contribution in [3.8, 4) is 0 Å². The first kappa shape index (κ1) is 8.69. The van der Waals surface area contributed by atoms with Crippen molar-refractivity contribution in [3.63, 3.8) is 0 Å². The Morgan fingerprint density at radius 1 is 1.77 bits per heavy atom. The lowest BCUT2D eigenvalue weighted by Crippen LogP contribution is -2.32. The largest absolute Gasteiger partial charge is 0.378 e. The van der Waals surface area contributed by atoms with Gasteiger partial charge < -0.3 is 4.74 Å². The highest BCUT2D eigenvalue weighted by molar-refractivity contribution is 4.97. The van der Waals surface area contributed by atoms with Crippen molar-refractivity contribution < 1.29 is 9.13 Å². The zero-order chi connectivity index (χ0) is 9.26. The molecule has 0 saturated carbocycles. The van der Waals surface area contributed by atoms with Crippen LogP contribution in [0.2, 0.25) is 0 Å². The van der Waals surface area contributed by atoms with E-state index in [1.165, 1.54) is 0 Å². The fraction of sp³-hybridized carbons (Fsp3) is 0.667. The van der Waals surface area contributed by atoms with Crippen molar-refractivity contribution in [2.45, 2.75) is 25.6 Å². The van der Waals surface area contributed by atoms with E-state index < -0.39 is 6.17 Å². The molecule has 1 fully saturated rings. The van der Waals surface area contributed by atoms with Gasteiger partial charge in [-0.05, 0) is 13.3 Å². The molecule has 71 valence electrons. The number of rotatable bonds is 1. The topological polar surface area (TPSA) is 27.1 Å². The van der Waals surface area contributed by atoms with E-state index in [4.69, 9.17) is 4.74 Å². The summed E-state index contributed by atoms with van der Waals surface area (Å²) in [4.78, 5) is 0. The molecule has 0 amide bonds. The predicted octanol–water partition coefficient (Wildman–Crippen LogP) is 1.29. The molecule has 0 aromatic carbocycles. The molecule has 1 radical (unpaired) electrons. The lowest BCUT2D eigenvalue weighted by Gasteiger charge is -2.27. The van der Waals surface area contributed by atoms with Gasteiger partial charge in [-0.25, -0.2) is 4.39 Å². The molecular formula is C9H12FN2O. The van der Waals surface area contributed by atoms with E-state index >= 15 is 0 Å². The van der Waals surface area contributed by atoms with Crippen molar-refractivity contribution in [1.82, 2.24) is 9.78 Å². The Bertz CT molecular complexity index is 287. The third kappa shape index (κ3) is 1.58. The molecule has 2 rings (SSSR count). The summed E-state index contributed by atoms with van der Waals surface area (Å²) >= 11 is 0. The van der Waals surface area contributed by atoms with Crippen molar-refractivity contribution in [2.24, 2.45) is 0 Å². The van der Waals surface area contributed by atoms with Gasteiger partial charge in [-0.15, -0.1) is 0 Å². The lowest BCUT2D eigenvalue weighted by atomic mass is 10.1. The molecular weight excluding hydrogens is 171 g/mol. The van der Waals surface area contributed by atoms with E-state index in [0.717, 1.165) is 5.69 Å². The zero-order valence-electron chi connectivity index (χ0n) is 7.53. The Labute approximate surface area is 76.5 Å². The van der Waals surface area contributed by atoms with Crippen LogP contribution in [0, 0.1) is 13.0 Å². The van der Waals surface area contributed by atoms with Crippen LogP contribution in [-0.2, 0) is 4.74 Å². The lowest BCUT2D eigenvalue weighted by molar-refractivity contribution is -0.000707. The van der Waals surface area contributed by atoms with Gasteiger partial charge in [0.15, 0.2) is 0 Å². The highest BCUT2D eigenvalue weighted by Gasteiger charge is 2.28. The Kier molecular flexibility index (Phi) is 2.31. The van der Waals surface area contributed by atoms with Gasteiger partial charge in [-0.1, -0.05) is 0 Å². The molecule has 1 aliphatic heterocycles. The fourth-order valence-corrected chi connectivity index (χ4v) is 1.64. The average molecular weight is 183 g/mol. The van der Waals surface area contributed by atoms with Gasteiger partial charge in [-0.3, -0.25) is 4.68 Å². The van der Waals surface area contributed by atoms with Crippen LogP contribution in [0.15, 0.2) is 6.20 Å². The summed E-state index contributed by atoms with van der Waals surface area (Å²) in [6, 6.07) is 2.76. The maximum atomic E-state index is 13.4. The number of halogens is 1. The minimum absolute atomic E-state index is 0.167. The van der Waals surface area contributed by atoms with E-state index in [9.17, 15) is 4.39 Å². The van der Waals surface area contributed by atoms with Crippen LogP contribution in [0.4, 0.5) is 4.39 Å². The number of alkyl halides is 1.